The minimum Gasteiger partial charge on any atom is -0.496 e. The summed E-state index contributed by atoms with van der Waals surface area (Å²) in [6, 6.07) is 11.4. The maximum atomic E-state index is 13.3. The molecule has 0 aliphatic carbocycles. The van der Waals surface area contributed by atoms with Gasteiger partial charge < -0.3 is 18.9 Å². The summed E-state index contributed by atoms with van der Waals surface area (Å²) in [5, 5.41) is 2.68. The van der Waals surface area contributed by atoms with Gasteiger partial charge in [0.15, 0.2) is 0 Å². The quantitative estimate of drug-likeness (QED) is 0.240. The van der Waals surface area contributed by atoms with E-state index in [0.29, 0.717) is 28.5 Å². The van der Waals surface area contributed by atoms with E-state index in [2.05, 4.69) is 20.9 Å². The molecular formula is C30H31BrN2O6S. The lowest BCUT2D eigenvalue weighted by Gasteiger charge is -2.32. The van der Waals surface area contributed by atoms with Gasteiger partial charge >= 0.3 is 11.9 Å². The van der Waals surface area contributed by atoms with Gasteiger partial charge in [-0.2, -0.15) is 0 Å². The highest BCUT2D eigenvalue weighted by molar-refractivity contribution is 9.10. The molecule has 2 heterocycles. The molecular weight excluding hydrogens is 596 g/mol. The van der Waals surface area contributed by atoms with Crippen molar-refractivity contribution in [1.82, 2.24) is 4.98 Å². The topological polar surface area (TPSA) is 96.3 Å². The number of hydrogen-bond acceptors (Lipinski definition) is 9. The van der Waals surface area contributed by atoms with Crippen molar-refractivity contribution in [3.8, 4) is 33.3 Å². The Hall–Kier alpha value is -3.50. The van der Waals surface area contributed by atoms with Gasteiger partial charge in [0.25, 0.3) is 0 Å². The van der Waals surface area contributed by atoms with Crippen molar-refractivity contribution in [3.63, 3.8) is 0 Å². The SMILES string of the molecule is CCOC(=O)C1=C(C)N=C(C)C(C(=O)OCC)C1c1ccccc1-c1nc(-c2cc(Br)c(OC)cc2OC)cs1. The molecule has 0 spiro atoms. The van der Waals surface area contributed by atoms with Gasteiger partial charge in [-0.25, -0.2) is 9.78 Å². The first-order valence-electron chi connectivity index (χ1n) is 12.8. The number of methoxy groups -OCH3 is 2. The van der Waals surface area contributed by atoms with Gasteiger partial charge in [0.2, 0.25) is 0 Å². The first-order valence-corrected chi connectivity index (χ1v) is 14.5. The average Bonchev–Trinajstić information content (AvgIpc) is 3.42. The van der Waals surface area contributed by atoms with Crippen LogP contribution in [0.4, 0.5) is 0 Å². The van der Waals surface area contributed by atoms with E-state index in [1.54, 1.807) is 48.0 Å². The molecule has 2 atom stereocenters. The van der Waals surface area contributed by atoms with Gasteiger partial charge in [-0.05, 0) is 55.3 Å². The summed E-state index contributed by atoms with van der Waals surface area (Å²) < 4.78 is 22.7. The number of carbonyl (C=O) groups is 2. The van der Waals surface area contributed by atoms with Gasteiger partial charge in [0.1, 0.15) is 22.4 Å². The molecule has 8 nitrogen and oxygen atoms in total. The zero-order valence-corrected chi connectivity index (χ0v) is 25.6. The molecule has 2 aromatic carbocycles. The van der Waals surface area contributed by atoms with E-state index in [-0.39, 0.29) is 13.2 Å². The summed E-state index contributed by atoms with van der Waals surface area (Å²) in [6.45, 7) is 7.47. The van der Waals surface area contributed by atoms with Crippen molar-refractivity contribution in [2.45, 2.75) is 33.6 Å². The van der Waals surface area contributed by atoms with Crippen LogP contribution < -0.4 is 9.47 Å². The summed E-state index contributed by atoms with van der Waals surface area (Å²) in [5.41, 5.74) is 4.52. The second-order valence-electron chi connectivity index (χ2n) is 8.99. The zero-order chi connectivity index (χ0) is 29.0. The fraction of sp³-hybridized carbons (Fsp3) is 0.333. The lowest BCUT2D eigenvalue weighted by Crippen LogP contribution is -2.36. The number of carbonyl (C=O) groups excluding carboxylic acids is 2. The van der Waals surface area contributed by atoms with Crippen molar-refractivity contribution in [2.24, 2.45) is 10.9 Å². The molecule has 10 heteroatoms. The highest BCUT2D eigenvalue weighted by atomic mass is 79.9. The summed E-state index contributed by atoms with van der Waals surface area (Å²) in [6.07, 6.45) is 0. The smallest absolute Gasteiger partial charge is 0.336 e. The van der Waals surface area contributed by atoms with Crippen LogP contribution in [0.25, 0.3) is 21.8 Å². The third-order valence-corrected chi connectivity index (χ3v) is 8.14. The van der Waals surface area contributed by atoms with Gasteiger partial charge in [-0.3, -0.25) is 9.79 Å². The Kier molecular flexibility index (Phi) is 9.42. The van der Waals surface area contributed by atoms with E-state index in [1.165, 1.54) is 11.3 Å². The van der Waals surface area contributed by atoms with Crippen LogP contribution in [0.3, 0.4) is 0 Å². The monoisotopic (exact) mass is 626 g/mol. The third kappa shape index (κ3) is 5.69. The molecule has 210 valence electrons. The van der Waals surface area contributed by atoms with Crippen molar-refractivity contribution in [3.05, 3.63) is 63.1 Å². The van der Waals surface area contributed by atoms with E-state index >= 15 is 0 Å². The van der Waals surface area contributed by atoms with Crippen LogP contribution >= 0.6 is 27.3 Å². The molecule has 1 aliphatic rings. The molecule has 1 aromatic heterocycles. The van der Waals surface area contributed by atoms with E-state index in [1.807, 2.05) is 35.7 Å². The average molecular weight is 628 g/mol. The number of rotatable bonds is 9. The maximum Gasteiger partial charge on any atom is 0.336 e. The van der Waals surface area contributed by atoms with Crippen molar-refractivity contribution >= 4 is 44.9 Å². The molecule has 0 N–H and O–H groups in total. The standard InChI is InChI=1S/C30H31BrN2O6S/c1-7-38-29(34)25-16(3)32-17(4)26(30(35)39-8-2)27(25)18-11-9-10-12-19(18)28-33-22(15-40-28)20-13-21(31)24(37-6)14-23(20)36-5/h9-15,25,27H,7-8H2,1-6H3. The number of nitrogens with zero attached hydrogens (tertiary/aromatic N) is 2. The predicted octanol–water partition coefficient (Wildman–Crippen LogP) is 6.83. The second kappa shape index (κ2) is 12.8. The van der Waals surface area contributed by atoms with Crippen molar-refractivity contribution < 1.29 is 28.5 Å². The molecule has 0 amide bonds. The van der Waals surface area contributed by atoms with Crippen LogP contribution in [0.5, 0.6) is 11.5 Å². The lowest BCUT2D eigenvalue weighted by atomic mass is 9.74. The Morgan fingerprint density at radius 1 is 0.975 bits per heavy atom. The number of aliphatic imine (C=N–C) groups is 1. The van der Waals surface area contributed by atoms with Crippen LogP contribution in [-0.4, -0.2) is 50.1 Å². The predicted molar refractivity (Wildman–Crippen MR) is 159 cm³/mol. The van der Waals surface area contributed by atoms with Crippen LogP contribution in [-0.2, 0) is 19.1 Å². The highest BCUT2D eigenvalue weighted by Gasteiger charge is 2.43. The zero-order valence-electron chi connectivity index (χ0n) is 23.2. The minimum absolute atomic E-state index is 0.200. The van der Waals surface area contributed by atoms with Gasteiger partial charge in [-0.15, -0.1) is 11.3 Å². The molecule has 0 radical (unpaired) electrons. The molecule has 0 fully saturated rings. The number of thiazole rings is 1. The van der Waals surface area contributed by atoms with E-state index in [4.69, 9.17) is 23.9 Å². The third-order valence-electron chi connectivity index (χ3n) is 6.64. The fourth-order valence-corrected chi connectivity index (χ4v) is 6.30. The van der Waals surface area contributed by atoms with Gasteiger partial charge in [0, 0.05) is 39.9 Å². The number of hydrogen-bond donors (Lipinski definition) is 0. The molecule has 40 heavy (non-hydrogen) atoms. The Morgan fingerprint density at radius 2 is 1.68 bits per heavy atom. The Labute approximate surface area is 246 Å². The molecule has 1 aliphatic heterocycles. The summed E-state index contributed by atoms with van der Waals surface area (Å²) >= 11 is 5.01. The number of halogens is 1. The molecule has 2 unspecified atom stereocenters. The number of ether oxygens (including phenoxy) is 4. The summed E-state index contributed by atoms with van der Waals surface area (Å²) in [5.74, 6) is -1.13. The second-order valence-corrected chi connectivity index (χ2v) is 10.7. The maximum absolute atomic E-state index is 13.3. The first kappa shape index (κ1) is 29.5. The van der Waals surface area contributed by atoms with Gasteiger partial charge in [-0.1, -0.05) is 24.3 Å². The van der Waals surface area contributed by atoms with Crippen LogP contribution in [0.1, 0.15) is 39.2 Å². The highest BCUT2D eigenvalue weighted by Crippen LogP contribution is 2.45. The molecule has 0 saturated carbocycles. The number of aromatic nitrogens is 1. The molecule has 4 rings (SSSR count). The van der Waals surface area contributed by atoms with Crippen LogP contribution in [0.15, 0.2) is 62.5 Å². The van der Waals surface area contributed by atoms with Crippen LogP contribution in [0, 0.1) is 5.92 Å². The number of allylic oxidation sites excluding steroid dienone is 1. The lowest BCUT2D eigenvalue weighted by molar-refractivity contribution is -0.146. The Bertz CT molecular complexity index is 1500. The van der Waals surface area contributed by atoms with Crippen LogP contribution in [0.2, 0.25) is 0 Å². The van der Waals surface area contributed by atoms with Crippen molar-refractivity contribution in [2.75, 3.05) is 27.4 Å². The Morgan fingerprint density at radius 3 is 2.35 bits per heavy atom. The summed E-state index contributed by atoms with van der Waals surface area (Å²) in [4.78, 5) is 36.1. The molecule has 0 saturated heterocycles. The normalized spacial score (nSPS) is 16.8. The minimum atomic E-state index is -0.790. The largest absolute Gasteiger partial charge is 0.496 e. The Balaban J connectivity index is 1.88. The summed E-state index contributed by atoms with van der Waals surface area (Å²) in [7, 11) is 3.20. The molecule has 0 bridgehead atoms. The van der Waals surface area contributed by atoms with E-state index < -0.39 is 23.8 Å². The van der Waals surface area contributed by atoms with Gasteiger partial charge in [0.05, 0.1) is 43.2 Å². The fourth-order valence-electron chi connectivity index (χ4n) is 4.93. The van der Waals surface area contributed by atoms with E-state index in [9.17, 15) is 9.59 Å². The number of benzene rings is 2. The first-order chi connectivity index (χ1) is 19.2. The molecule has 3 aromatic rings. The van der Waals surface area contributed by atoms with E-state index in [0.717, 1.165) is 31.9 Å². The number of esters is 2. The van der Waals surface area contributed by atoms with Crippen molar-refractivity contribution in [1.29, 1.82) is 0 Å².